The first-order valence-corrected chi connectivity index (χ1v) is 12.5. The Labute approximate surface area is 175 Å². The van der Waals surface area contributed by atoms with Crippen LogP contribution in [0.1, 0.15) is 42.5 Å². The molecule has 4 heterocycles. The van der Waals surface area contributed by atoms with Crippen LogP contribution >= 0.6 is 11.3 Å². The van der Waals surface area contributed by atoms with Crippen molar-refractivity contribution in [2.24, 2.45) is 0 Å². The lowest BCUT2D eigenvalue weighted by Crippen LogP contribution is -2.55. The molecule has 2 aromatic heterocycles. The van der Waals surface area contributed by atoms with Crippen LogP contribution in [0.4, 0.5) is 0 Å². The number of piperidine rings is 1. The number of piperazine rings is 1. The second kappa shape index (κ2) is 8.07. The summed E-state index contributed by atoms with van der Waals surface area (Å²) in [7, 11) is -3.40. The number of nitrogens with zero attached hydrogens (tertiary/aromatic N) is 4. The van der Waals surface area contributed by atoms with Gasteiger partial charge in [0.25, 0.3) is 15.8 Å². The Morgan fingerprint density at radius 1 is 1.14 bits per heavy atom. The highest BCUT2D eigenvalue weighted by Gasteiger charge is 2.36. The average molecular weight is 440 g/mol. The molecule has 0 radical (unpaired) electrons. The van der Waals surface area contributed by atoms with Gasteiger partial charge in [0, 0.05) is 43.6 Å². The van der Waals surface area contributed by atoms with Gasteiger partial charge in [0.2, 0.25) is 0 Å². The third kappa shape index (κ3) is 4.00. The van der Waals surface area contributed by atoms with Gasteiger partial charge in [-0.2, -0.15) is 17.0 Å². The van der Waals surface area contributed by atoms with Crippen LogP contribution in [-0.2, 0) is 16.8 Å². The molecule has 2 aliphatic rings. The van der Waals surface area contributed by atoms with E-state index in [9.17, 15) is 13.2 Å². The summed E-state index contributed by atoms with van der Waals surface area (Å²) in [6.45, 7) is 9.29. The number of aromatic amines is 1. The maximum Gasteiger partial charge on any atom is 0.282 e. The van der Waals surface area contributed by atoms with Gasteiger partial charge in [-0.25, -0.2) is 4.98 Å². The lowest BCUT2D eigenvalue weighted by molar-refractivity contribution is 0.164. The quantitative estimate of drug-likeness (QED) is 0.785. The number of thiophene rings is 1. The SMILES string of the molecule is Cc1sc2nc(CN3CCN(S(=O)(=O)N4CCCCC4C)CC3)[nH]c(=O)c2c1C. The molecule has 0 aliphatic carbocycles. The number of aromatic nitrogens is 2. The van der Waals surface area contributed by atoms with Gasteiger partial charge in [-0.1, -0.05) is 6.42 Å². The molecule has 2 saturated heterocycles. The Balaban J connectivity index is 1.42. The average Bonchev–Trinajstić information content (AvgIpc) is 2.96. The van der Waals surface area contributed by atoms with Crippen molar-refractivity contribution in [3.63, 3.8) is 0 Å². The molecule has 10 heteroatoms. The highest BCUT2D eigenvalue weighted by molar-refractivity contribution is 7.86. The molecular formula is C19H29N5O3S2. The van der Waals surface area contributed by atoms with E-state index in [-0.39, 0.29) is 11.6 Å². The Hall–Kier alpha value is -1.33. The van der Waals surface area contributed by atoms with Crippen molar-refractivity contribution in [3.8, 4) is 0 Å². The molecule has 160 valence electrons. The van der Waals surface area contributed by atoms with Gasteiger partial charge in [-0.3, -0.25) is 9.69 Å². The van der Waals surface area contributed by atoms with Gasteiger partial charge >= 0.3 is 0 Å². The molecule has 0 saturated carbocycles. The first-order chi connectivity index (χ1) is 13.8. The van der Waals surface area contributed by atoms with Gasteiger partial charge in [0.15, 0.2) is 0 Å². The molecule has 0 amide bonds. The van der Waals surface area contributed by atoms with Crippen LogP contribution in [0.2, 0.25) is 0 Å². The number of hydrogen-bond donors (Lipinski definition) is 1. The van der Waals surface area contributed by atoms with Gasteiger partial charge in [-0.15, -0.1) is 11.3 Å². The van der Waals surface area contributed by atoms with E-state index < -0.39 is 10.2 Å². The Morgan fingerprint density at radius 3 is 2.55 bits per heavy atom. The molecule has 1 unspecified atom stereocenters. The minimum atomic E-state index is -3.40. The van der Waals surface area contributed by atoms with Crippen LogP contribution in [0.3, 0.4) is 0 Å². The molecule has 2 aromatic rings. The monoisotopic (exact) mass is 439 g/mol. The van der Waals surface area contributed by atoms with Crippen molar-refractivity contribution in [3.05, 3.63) is 26.6 Å². The topological polar surface area (TPSA) is 89.6 Å². The molecule has 29 heavy (non-hydrogen) atoms. The van der Waals surface area contributed by atoms with Crippen LogP contribution in [0, 0.1) is 13.8 Å². The van der Waals surface area contributed by atoms with Crippen molar-refractivity contribution < 1.29 is 8.42 Å². The fourth-order valence-electron chi connectivity index (χ4n) is 4.27. The maximum absolute atomic E-state index is 13.0. The van der Waals surface area contributed by atoms with E-state index in [4.69, 9.17) is 0 Å². The predicted molar refractivity (Wildman–Crippen MR) is 116 cm³/mol. The standard InChI is InChI=1S/C19H29N5O3S2/c1-13-6-4-5-7-24(13)29(26,27)23-10-8-22(9-11-23)12-16-20-18(25)17-14(2)15(3)28-19(17)21-16/h13H,4-12H2,1-3H3,(H,20,21,25). The fraction of sp³-hybridized carbons (Fsp3) is 0.684. The molecule has 0 aromatic carbocycles. The lowest BCUT2D eigenvalue weighted by atomic mass is 10.1. The highest BCUT2D eigenvalue weighted by atomic mass is 32.2. The summed E-state index contributed by atoms with van der Waals surface area (Å²) in [5.74, 6) is 0.643. The summed E-state index contributed by atoms with van der Waals surface area (Å²) in [5, 5.41) is 0.683. The summed E-state index contributed by atoms with van der Waals surface area (Å²) >= 11 is 1.55. The summed E-state index contributed by atoms with van der Waals surface area (Å²) in [6, 6.07) is 0.0745. The summed E-state index contributed by atoms with van der Waals surface area (Å²) in [6.07, 6.45) is 2.97. The van der Waals surface area contributed by atoms with Crippen LogP contribution in [-0.4, -0.2) is 70.7 Å². The minimum Gasteiger partial charge on any atom is -0.309 e. The van der Waals surface area contributed by atoms with E-state index in [1.807, 2.05) is 20.8 Å². The Bertz CT molecular complexity index is 1050. The van der Waals surface area contributed by atoms with Gasteiger partial charge in [-0.05, 0) is 39.2 Å². The first-order valence-electron chi connectivity index (χ1n) is 10.3. The number of aryl methyl sites for hydroxylation is 2. The fourth-order valence-corrected chi connectivity index (χ4v) is 7.16. The van der Waals surface area contributed by atoms with Crippen LogP contribution < -0.4 is 5.56 Å². The molecule has 0 bridgehead atoms. The van der Waals surface area contributed by atoms with Crippen LogP contribution in [0.25, 0.3) is 10.2 Å². The van der Waals surface area contributed by atoms with Crippen molar-refractivity contribution in [2.45, 2.75) is 52.6 Å². The van der Waals surface area contributed by atoms with E-state index in [2.05, 4.69) is 14.9 Å². The third-order valence-corrected chi connectivity index (χ3v) is 9.41. The lowest BCUT2D eigenvalue weighted by Gasteiger charge is -2.39. The van der Waals surface area contributed by atoms with E-state index in [0.29, 0.717) is 50.5 Å². The van der Waals surface area contributed by atoms with E-state index in [1.54, 1.807) is 19.9 Å². The van der Waals surface area contributed by atoms with Crippen LogP contribution in [0.15, 0.2) is 4.79 Å². The zero-order valence-electron chi connectivity index (χ0n) is 17.3. The van der Waals surface area contributed by atoms with Crippen molar-refractivity contribution in [2.75, 3.05) is 32.7 Å². The van der Waals surface area contributed by atoms with E-state index >= 15 is 0 Å². The molecule has 8 nitrogen and oxygen atoms in total. The molecular weight excluding hydrogens is 410 g/mol. The largest absolute Gasteiger partial charge is 0.309 e. The summed E-state index contributed by atoms with van der Waals surface area (Å²) in [5.41, 5.74) is 0.906. The Kier molecular flexibility index (Phi) is 5.82. The second-order valence-corrected chi connectivity index (χ2v) is 11.2. The van der Waals surface area contributed by atoms with E-state index in [1.165, 1.54) is 0 Å². The smallest absolute Gasteiger partial charge is 0.282 e. The number of rotatable bonds is 4. The Morgan fingerprint density at radius 2 is 1.86 bits per heavy atom. The number of fused-ring (bicyclic) bond motifs is 1. The van der Waals surface area contributed by atoms with Gasteiger partial charge < -0.3 is 4.98 Å². The molecule has 4 rings (SSSR count). The second-order valence-electron chi connectivity index (χ2n) is 8.11. The predicted octanol–water partition coefficient (Wildman–Crippen LogP) is 1.84. The summed E-state index contributed by atoms with van der Waals surface area (Å²) in [4.78, 5) is 24.1. The molecule has 0 spiro atoms. The van der Waals surface area contributed by atoms with Gasteiger partial charge in [0.1, 0.15) is 10.7 Å². The zero-order chi connectivity index (χ0) is 20.8. The number of hydrogen-bond acceptors (Lipinski definition) is 6. The van der Waals surface area contributed by atoms with E-state index in [0.717, 1.165) is 34.5 Å². The minimum absolute atomic E-state index is 0.0745. The molecule has 1 atom stereocenters. The van der Waals surface area contributed by atoms with Crippen molar-refractivity contribution in [1.29, 1.82) is 0 Å². The normalized spacial score (nSPS) is 23.1. The van der Waals surface area contributed by atoms with Crippen molar-refractivity contribution >= 4 is 31.8 Å². The van der Waals surface area contributed by atoms with Gasteiger partial charge in [0.05, 0.1) is 11.9 Å². The highest BCUT2D eigenvalue weighted by Crippen LogP contribution is 2.26. The zero-order valence-corrected chi connectivity index (χ0v) is 18.9. The molecule has 1 N–H and O–H groups in total. The number of H-pyrrole nitrogens is 1. The summed E-state index contributed by atoms with van der Waals surface area (Å²) < 4.78 is 29.3. The third-order valence-electron chi connectivity index (χ3n) is 6.16. The molecule has 2 fully saturated rings. The number of nitrogens with one attached hydrogen (secondary N) is 1. The maximum atomic E-state index is 13.0. The molecule has 2 aliphatic heterocycles. The first kappa shape index (κ1) is 20.9. The van der Waals surface area contributed by atoms with Crippen LogP contribution in [0.5, 0.6) is 0 Å². The van der Waals surface area contributed by atoms with Crippen molar-refractivity contribution in [1.82, 2.24) is 23.5 Å².